The lowest BCUT2D eigenvalue weighted by atomic mass is 10.0. The first-order valence-corrected chi connectivity index (χ1v) is 7.51. The third-order valence-electron chi connectivity index (χ3n) is 3.52. The van der Waals surface area contributed by atoms with Crippen molar-refractivity contribution in [2.45, 2.75) is 31.3 Å². The topological polar surface area (TPSA) is 40.5 Å². The Balaban J connectivity index is 2.10. The van der Waals surface area contributed by atoms with E-state index in [-0.39, 0.29) is 5.91 Å². The van der Waals surface area contributed by atoms with E-state index in [4.69, 9.17) is 11.6 Å². The summed E-state index contributed by atoms with van der Waals surface area (Å²) in [6.45, 7) is 0.371. The predicted molar refractivity (Wildman–Crippen MR) is 79.5 cm³/mol. The molecule has 0 saturated heterocycles. The van der Waals surface area contributed by atoms with E-state index in [9.17, 15) is 9.90 Å². The SMILES string of the molecule is CN(CC1(O)CCCC1)C(=O)c1cc(Cl)cc(Br)c1. The Kier molecular flexibility index (Phi) is 4.54. The van der Waals surface area contributed by atoms with Crippen LogP contribution in [-0.2, 0) is 0 Å². The van der Waals surface area contributed by atoms with Crippen LogP contribution in [0.25, 0.3) is 0 Å². The fourth-order valence-corrected chi connectivity index (χ4v) is 3.46. The highest BCUT2D eigenvalue weighted by atomic mass is 79.9. The highest BCUT2D eigenvalue weighted by Crippen LogP contribution is 2.30. The maximum Gasteiger partial charge on any atom is 0.253 e. The fraction of sp³-hybridized carbons (Fsp3) is 0.500. The van der Waals surface area contributed by atoms with E-state index in [2.05, 4.69) is 15.9 Å². The number of hydrogen-bond acceptors (Lipinski definition) is 2. The van der Waals surface area contributed by atoms with Crippen molar-refractivity contribution in [1.82, 2.24) is 4.90 Å². The molecular formula is C14H17BrClNO2. The first-order valence-electron chi connectivity index (χ1n) is 6.34. The van der Waals surface area contributed by atoms with Crippen LogP contribution in [0, 0.1) is 0 Å². The van der Waals surface area contributed by atoms with Gasteiger partial charge in [-0.1, -0.05) is 40.4 Å². The second-order valence-electron chi connectivity index (χ2n) is 5.25. The van der Waals surface area contributed by atoms with Crippen LogP contribution in [0.4, 0.5) is 0 Å². The van der Waals surface area contributed by atoms with Crippen molar-refractivity contribution in [2.75, 3.05) is 13.6 Å². The lowest BCUT2D eigenvalue weighted by molar-refractivity contribution is 0.0157. The van der Waals surface area contributed by atoms with E-state index < -0.39 is 5.60 Å². The molecule has 1 aromatic carbocycles. The van der Waals surface area contributed by atoms with Gasteiger partial charge in [0.1, 0.15) is 0 Å². The summed E-state index contributed by atoms with van der Waals surface area (Å²) in [4.78, 5) is 13.9. The lowest BCUT2D eigenvalue weighted by Crippen LogP contribution is -2.42. The largest absolute Gasteiger partial charge is 0.388 e. The molecule has 1 aliphatic carbocycles. The number of rotatable bonds is 3. The predicted octanol–water partition coefficient (Wildman–Crippen LogP) is 3.48. The maximum atomic E-state index is 12.3. The van der Waals surface area contributed by atoms with Crippen LogP contribution in [0.1, 0.15) is 36.0 Å². The molecule has 0 spiro atoms. The van der Waals surface area contributed by atoms with Gasteiger partial charge in [-0.25, -0.2) is 0 Å². The minimum absolute atomic E-state index is 0.122. The molecule has 0 radical (unpaired) electrons. The molecule has 1 aromatic rings. The van der Waals surface area contributed by atoms with Gasteiger partial charge in [0.25, 0.3) is 5.91 Å². The van der Waals surface area contributed by atoms with Gasteiger partial charge in [-0.3, -0.25) is 4.79 Å². The van der Waals surface area contributed by atoms with Gasteiger partial charge in [-0.15, -0.1) is 0 Å². The van der Waals surface area contributed by atoms with Gasteiger partial charge in [0.15, 0.2) is 0 Å². The number of likely N-dealkylation sites (N-methyl/N-ethyl adjacent to an activating group) is 1. The lowest BCUT2D eigenvalue weighted by Gasteiger charge is -2.28. The summed E-state index contributed by atoms with van der Waals surface area (Å²) in [7, 11) is 1.72. The molecule has 2 rings (SSSR count). The molecule has 1 amide bonds. The first-order chi connectivity index (χ1) is 8.89. The molecule has 19 heavy (non-hydrogen) atoms. The summed E-state index contributed by atoms with van der Waals surface area (Å²) >= 11 is 9.27. The van der Waals surface area contributed by atoms with Crippen molar-refractivity contribution in [3.05, 3.63) is 33.3 Å². The van der Waals surface area contributed by atoms with E-state index in [1.54, 1.807) is 30.1 Å². The number of hydrogen-bond donors (Lipinski definition) is 1. The number of nitrogens with zero attached hydrogens (tertiary/aromatic N) is 1. The van der Waals surface area contributed by atoms with Gasteiger partial charge < -0.3 is 10.0 Å². The Morgan fingerprint density at radius 1 is 1.42 bits per heavy atom. The molecule has 5 heteroatoms. The van der Waals surface area contributed by atoms with E-state index in [1.807, 2.05) is 0 Å². The van der Waals surface area contributed by atoms with Crippen LogP contribution in [0.3, 0.4) is 0 Å². The molecule has 1 aliphatic rings. The fourth-order valence-electron chi connectivity index (χ4n) is 2.60. The molecular weight excluding hydrogens is 330 g/mol. The summed E-state index contributed by atoms with van der Waals surface area (Å²) < 4.78 is 0.774. The Hall–Kier alpha value is -0.580. The quantitative estimate of drug-likeness (QED) is 0.910. The van der Waals surface area contributed by atoms with Crippen molar-refractivity contribution in [1.29, 1.82) is 0 Å². The summed E-state index contributed by atoms with van der Waals surface area (Å²) in [6.07, 6.45) is 3.59. The zero-order valence-corrected chi connectivity index (χ0v) is 13.2. The highest BCUT2D eigenvalue weighted by Gasteiger charge is 2.33. The zero-order valence-electron chi connectivity index (χ0n) is 10.8. The summed E-state index contributed by atoms with van der Waals surface area (Å²) in [6, 6.07) is 5.12. The summed E-state index contributed by atoms with van der Waals surface area (Å²) in [5.74, 6) is -0.122. The van der Waals surface area contributed by atoms with Gasteiger partial charge >= 0.3 is 0 Å². The molecule has 3 nitrogen and oxygen atoms in total. The van der Waals surface area contributed by atoms with Gasteiger partial charge in [0.05, 0.1) is 5.60 Å². The molecule has 0 atom stereocenters. The van der Waals surface area contributed by atoms with Crippen molar-refractivity contribution < 1.29 is 9.90 Å². The van der Waals surface area contributed by atoms with Crippen LogP contribution in [0.5, 0.6) is 0 Å². The molecule has 0 aliphatic heterocycles. The number of carbonyl (C=O) groups excluding carboxylic acids is 1. The molecule has 0 heterocycles. The van der Waals surface area contributed by atoms with Crippen LogP contribution >= 0.6 is 27.5 Å². The second-order valence-corrected chi connectivity index (χ2v) is 6.60. The maximum absolute atomic E-state index is 12.3. The van der Waals surface area contributed by atoms with E-state index in [0.717, 1.165) is 30.2 Å². The van der Waals surface area contributed by atoms with Crippen LogP contribution < -0.4 is 0 Å². The van der Waals surface area contributed by atoms with E-state index >= 15 is 0 Å². The number of aliphatic hydroxyl groups is 1. The van der Waals surface area contributed by atoms with Crippen molar-refractivity contribution in [3.63, 3.8) is 0 Å². The summed E-state index contributed by atoms with van der Waals surface area (Å²) in [5, 5.41) is 10.9. The average molecular weight is 347 g/mol. The monoisotopic (exact) mass is 345 g/mol. The normalized spacial score (nSPS) is 17.5. The Bertz CT molecular complexity index is 466. The van der Waals surface area contributed by atoms with Crippen molar-refractivity contribution in [2.24, 2.45) is 0 Å². The standard InChI is InChI=1S/C14H17BrClNO2/c1-17(9-14(19)4-2-3-5-14)13(18)10-6-11(15)8-12(16)7-10/h6-8,19H,2-5,9H2,1H3. The number of amides is 1. The minimum Gasteiger partial charge on any atom is -0.388 e. The number of benzene rings is 1. The van der Waals surface area contributed by atoms with Crippen LogP contribution in [0.15, 0.2) is 22.7 Å². The molecule has 1 fully saturated rings. The summed E-state index contributed by atoms with van der Waals surface area (Å²) in [5.41, 5.74) is -0.191. The van der Waals surface area contributed by atoms with Crippen LogP contribution in [-0.4, -0.2) is 35.1 Å². The second kappa shape index (κ2) is 5.81. The molecule has 0 unspecified atom stereocenters. The minimum atomic E-state index is -0.722. The van der Waals surface area contributed by atoms with E-state index in [1.165, 1.54) is 0 Å². The Morgan fingerprint density at radius 3 is 2.63 bits per heavy atom. The smallest absolute Gasteiger partial charge is 0.253 e. The molecule has 0 bridgehead atoms. The van der Waals surface area contributed by atoms with Crippen molar-refractivity contribution in [3.8, 4) is 0 Å². The first kappa shape index (κ1) is 14.8. The van der Waals surface area contributed by atoms with E-state index in [0.29, 0.717) is 17.1 Å². The van der Waals surface area contributed by atoms with Gasteiger partial charge in [-0.05, 0) is 31.0 Å². The highest BCUT2D eigenvalue weighted by molar-refractivity contribution is 9.10. The van der Waals surface area contributed by atoms with Crippen molar-refractivity contribution >= 4 is 33.4 Å². The average Bonchev–Trinajstić information content (AvgIpc) is 2.73. The Labute approximate surface area is 126 Å². The number of carbonyl (C=O) groups is 1. The third kappa shape index (κ3) is 3.71. The molecule has 0 aromatic heterocycles. The molecule has 104 valence electrons. The van der Waals surface area contributed by atoms with Crippen LogP contribution in [0.2, 0.25) is 5.02 Å². The number of halogens is 2. The molecule has 1 N–H and O–H groups in total. The zero-order chi connectivity index (χ0) is 14.0. The van der Waals surface area contributed by atoms with Gasteiger partial charge in [0, 0.05) is 28.7 Å². The van der Waals surface area contributed by atoms with Gasteiger partial charge in [0.2, 0.25) is 0 Å². The van der Waals surface area contributed by atoms with Gasteiger partial charge in [-0.2, -0.15) is 0 Å². The Morgan fingerprint density at radius 2 is 2.05 bits per heavy atom. The molecule has 1 saturated carbocycles. The third-order valence-corrected chi connectivity index (χ3v) is 4.20.